The second kappa shape index (κ2) is 11.8. The Kier molecular flexibility index (Phi) is 8.75. The van der Waals surface area contributed by atoms with Crippen LogP contribution >= 0.6 is 11.6 Å². The first-order chi connectivity index (χ1) is 20.1. The molecule has 9 heteroatoms. The molecule has 0 atom stereocenters. The highest BCUT2D eigenvalue weighted by Crippen LogP contribution is 2.37. The van der Waals surface area contributed by atoms with Gasteiger partial charge in [-0.2, -0.15) is 0 Å². The minimum atomic E-state index is -1.26. The van der Waals surface area contributed by atoms with Gasteiger partial charge in [0, 0.05) is 51.2 Å². The van der Waals surface area contributed by atoms with Crippen LogP contribution in [-0.2, 0) is 17.8 Å². The third-order valence-corrected chi connectivity index (χ3v) is 7.82. The standard InChI is InChI=1S/C34H37ClN2O6/c1-19-17-36-25(20(2)30(19)42-8)18-43-23-13-14-37-26(15-23)27(31(39)33(3,4)5)24(16-34(6,7)32(40)41)28(37)29(38)21-9-11-22(35)12-10-21/h9-15,17H,16,18H2,1-8H3,(H,40,41). The highest BCUT2D eigenvalue weighted by molar-refractivity contribution is 6.30. The van der Waals surface area contributed by atoms with E-state index in [9.17, 15) is 19.5 Å². The monoisotopic (exact) mass is 604 g/mol. The summed E-state index contributed by atoms with van der Waals surface area (Å²) in [5.74, 6) is -0.402. The molecule has 43 heavy (non-hydrogen) atoms. The molecular formula is C34H37ClN2O6. The Bertz CT molecular complexity index is 1730. The van der Waals surface area contributed by atoms with E-state index in [0.29, 0.717) is 38.7 Å². The van der Waals surface area contributed by atoms with Crippen molar-refractivity contribution in [3.05, 3.63) is 93.0 Å². The molecule has 0 radical (unpaired) electrons. The molecule has 8 nitrogen and oxygen atoms in total. The minimum Gasteiger partial charge on any atom is -0.496 e. The maximum absolute atomic E-state index is 14.1. The molecule has 0 spiro atoms. The van der Waals surface area contributed by atoms with Crippen molar-refractivity contribution < 1.29 is 29.0 Å². The Morgan fingerprint density at radius 2 is 1.67 bits per heavy atom. The van der Waals surface area contributed by atoms with Gasteiger partial charge in [0.15, 0.2) is 5.78 Å². The van der Waals surface area contributed by atoms with E-state index < -0.39 is 16.8 Å². The number of aryl methyl sites for hydroxylation is 1. The molecule has 0 amide bonds. The maximum Gasteiger partial charge on any atom is 0.309 e. The fourth-order valence-electron chi connectivity index (χ4n) is 5.05. The van der Waals surface area contributed by atoms with Crippen LogP contribution in [0.4, 0.5) is 0 Å². The number of pyridine rings is 2. The van der Waals surface area contributed by atoms with E-state index in [1.165, 1.54) is 0 Å². The van der Waals surface area contributed by atoms with Crippen molar-refractivity contribution in [1.82, 2.24) is 9.38 Å². The third-order valence-electron chi connectivity index (χ3n) is 7.56. The number of fused-ring (bicyclic) bond motifs is 1. The number of halogens is 1. The number of hydrogen-bond acceptors (Lipinski definition) is 6. The number of carbonyl (C=O) groups is 3. The van der Waals surface area contributed by atoms with E-state index in [-0.39, 0.29) is 30.3 Å². The number of ketones is 2. The van der Waals surface area contributed by atoms with E-state index in [4.69, 9.17) is 21.1 Å². The lowest BCUT2D eigenvalue weighted by molar-refractivity contribution is -0.146. The van der Waals surface area contributed by atoms with Crippen LogP contribution in [0.3, 0.4) is 0 Å². The van der Waals surface area contributed by atoms with Gasteiger partial charge in [0.05, 0.1) is 29.4 Å². The predicted octanol–water partition coefficient (Wildman–Crippen LogP) is 7.31. The Morgan fingerprint density at radius 1 is 1.02 bits per heavy atom. The molecule has 0 bridgehead atoms. The van der Waals surface area contributed by atoms with Gasteiger partial charge in [-0.3, -0.25) is 19.4 Å². The van der Waals surface area contributed by atoms with E-state index in [1.807, 2.05) is 13.8 Å². The molecule has 1 N–H and O–H groups in total. The maximum atomic E-state index is 14.1. The molecule has 1 aromatic carbocycles. The molecule has 3 heterocycles. The number of carbonyl (C=O) groups excluding carboxylic acids is 2. The Labute approximate surface area is 256 Å². The topological polar surface area (TPSA) is 107 Å². The average molecular weight is 605 g/mol. The summed E-state index contributed by atoms with van der Waals surface area (Å²) in [5, 5.41) is 10.5. The number of benzene rings is 1. The van der Waals surface area contributed by atoms with Gasteiger partial charge in [0.25, 0.3) is 0 Å². The first-order valence-corrected chi connectivity index (χ1v) is 14.3. The van der Waals surface area contributed by atoms with Gasteiger partial charge in [-0.1, -0.05) is 32.4 Å². The fourth-order valence-corrected chi connectivity index (χ4v) is 5.17. The van der Waals surface area contributed by atoms with Crippen molar-refractivity contribution >= 4 is 34.7 Å². The summed E-state index contributed by atoms with van der Waals surface area (Å²) in [4.78, 5) is 44.9. The molecule has 4 rings (SSSR count). The van der Waals surface area contributed by atoms with E-state index in [0.717, 1.165) is 16.9 Å². The van der Waals surface area contributed by atoms with Crippen molar-refractivity contribution in [2.24, 2.45) is 10.8 Å². The van der Waals surface area contributed by atoms with Gasteiger partial charge >= 0.3 is 5.97 Å². The van der Waals surface area contributed by atoms with Crippen molar-refractivity contribution in [3.63, 3.8) is 0 Å². The van der Waals surface area contributed by atoms with Gasteiger partial charge in [-0.05, 0) is 70.0 Å². The molecule has 0 unspecified atom stereocenters. The number of Topliss-reactive ketones (excluding diaryl/α,β-unsaturated/α-hetero) is 1. The number of methoxy groups -OCH3 is 1. The Balaban J connectivity index is 1.94. The number of hydrogen-bond donors (Lipinski definition) is 1. The molecule has 0 saturated heterocycles. The summed E-state index contributed by atoms with van der Waals surface area (Å²) in [7, 11) is 1.61. The highest BCUT2D eigenvalue weighted by Gasteiger charge is 2.37. The largest absolute Gasteiger partial charge is 0.496 e. The van der Waals surface area contributed by atoms with E-state index in [1.54, 1.807) is 94.9 Å². The van der Waals surface area contributed by atoms with Gasteiger partial charge < -0.3 is 19.0 Å². The van der Waals surface area contributed by atoms with E-state index in [2.05, 4.69) is 4.98 Å². The molecule has 0 saturated carbocycles. The van der Waals surface area contributed by atoms with E-state index >= 15 is 0 Å². The van der Waals surface area contributed by atoms with Gasteiger partial charge in [0.2, 0.25) is 5.78 Å². The normalized spacial score (nSPS) is 11.9. The molecule has 3 aromatic heterocycles. The first-order valence-electron chi connectivity index (χ1n) is 13.9. The number of rotatable bonds is 10. The smallest absolute Gasteiger partial charge is 0.309 e. The molecular weight excluding hydrogens is 568 g/mol. The minimum absolute atomic E-state index is 0.0434. The van der Waals surface area contributed by atoms with Crippen LogP contribution in [0.25, 0.3) is 5.52 Å². The van der Waals surface area contributed by atoms with Crippen LogP contribution in [-0.4, -0.2) is 39.1 Å². The number of aromatic nitrogens is 2. The summed E-state index contributed by atoms with van der Waals surface area (Å²) in [6.45, 7) is 12.5. The van der Waals surface area contributed by atoms with Crippen LogP contribution in [0.15, 0.2) is 48.8 Å². The average Bonchev–Trinajstić information content (AvgIpc) is 3.23. The van der Waals surface area contributed by atoms with Crippen molar-refractivity contribution in [2.75, 3.05) is 7.11 Å². The van der Waals surface area contributed by atoms with Crippen molar-refractivity contribution in [3.8, 4) is 11.5 Å². The number of carboxylic acids is 1. The molecule has 0 fully saturated rings. The molecule has 4 aromatic rings. The van der Waals surface area contributed by atoms with Gasteiger partial charge in [-0.25, -0.2) is 0 Å². The zero-order chi connectivity index (χ0) is 31.9. The quantitative estimate of drug-likeness (QED) is 0.189. The summed E-state index contributed by atoms with van der Waals surface area (Å²) < 4.78 is 13.3. The molecule has 0 aliphatic heterocycles. The summed E-state index contributed by atoms with van der Waals surface area (Å²) in [6.07, 6.45) is 3.37. The second-order valence-electron chi connectivity index (χ2n) is 12.4. The second-order valence-corrected chi connectivity index (χ2v) is 12.9. The molecule has 0 aliphatic rings. The number of nitrogens with zero attached hydrogens (tertiary/aromatic N) is 2. The Hall–Kier alpha value is -4.17. The lowest BCUT2D eigenvalue weighted by Gasteiger charge is -2.22. The van der Waals surface area contributed by atoms with Crippen LogP contribution < -0.4 is 9.47 Å². The molecule has 0 aliphatic carbocycles. The highest BCUT2D eigenvalue weighted by atomic mass is 35.5. The zero-order valence-corrected chi connectivity index (χ0v) is 26.5. The predicted molar refractivity (Wildman–Crippen MR) is 166 cm³/mol. The summed E-state index contributed by atoms with van der Waals surface area (Å²) >= 11 is 6.08. The van der Waals surface area contributed by atoms with Crippen molar-refractivity contribution in [2.45, 2.75) is 61.5 Å². The lowest BCUT2D eigenvalue weighted by Crippen LogP contribution is -2.29. The Morgan fingerprint density at radius 3 is 2.26 bits per heavy atom. The molecule has 226 valence electrons. The SMILES string of the molecule is COc1c(C)cnc(COc2ccn3c(C(=O)c4ccc(Cl)cc4)c(CC(C)(C)C(=O)O)c(C(=O)C(C)(C)C)c3c2)c1C. The van der Waals surface area contributed by atoms with Gasteiger partial charge in [-0.15, -0.1) is 0 Å². The number of ether oxygens (including phenoxy) is 2. The third kappa shape index (κ3) is 6.30. The first kappa shape index (κ1) is 31.8. The fraction of sp³-hybridized carbons (Fsp3) is 0.353. The lowest BCUT2D eigenvalue weighted by atomic mass is 9.79. The van der Waals surface area contributed by atoms with Crippen LogP contribution in [0.2, 0.25) is 5.02 Å². The van der Waals surface area contributed by atoms with Crippen molar-refractivity contribution in [1.29, 1.82) is 0 Å². The summed E-state index contributed by atoms with van der Waals surface area (Å²) in [6, 6.07) is 9.90. The summed E-state index contributed by atoms with van der Waals surface area (Å²) in [5.41, 5.74) is 2.13. The number of carboxylic acid groups (broad SMARTS) is 1. The number of aliphatic carboxylic acids is 1. The zero-order valence-electron chi connectivity index (χ0n) is 25.8. The van der Waals surface area contributed by atoms with Crippen LogP contribution in [0.1, 0.15) is 83.4 Å². The van der Waals surface area contributed by atoms with Crippen LogP contribution in [0, 0.1) is 24.7 Å². The van der Waals surface area contributed by atoms with Crippen LogP contribution in [0.5, 0.6) is 11.5 Å². The van der Waals surface area contributed by atoms with Gasteiger partial charge in [0.1, 0.15) is 18.1 Å².